The Morgan fingerprint density at radius 3 is 2.46 bits per heavy atom. The van der Waals surface area contributed by atoms with Gasteiger partial charge in [0, 0.05) is 10.9 Å². The topological polar surface area (TPSA) is 20.2 Å². The molecule has 72 valence electrons. The molecule has 1 aromatic rings. The van der Waals surface area contributed by atoms with Gasteiger partial charge in [0.15, 0.2) is 0 Å². The minimum Gasteiger partial charge on any atom is -0.393 e. The Balaban J connectivity index is 2.97. The van der Waals surface area contributed by atoms with E-state index in [-0.39, 0.29) is 12.0 Å². The second kappa shape index (κ2) is 4.64. The van der Waals surface area contributed by atoms with E-state index in [1.165, 1.54) is 0 Å². The van der Waals surface area contributed by atoms with Crippen LogP contribution < -0.4 is 0 Å². The molecule has 0 amide bonds. The monoisotopic (exact) mass is 198 g/mol. The molecule has 0 aliphatic carbocycles. The molecule has 0 aromatic heterocycles. The summed E-state index contributed by atoms with van der Waals surface area (Å²) in [5.74, 6) is 0.147. The Morgan fingerprint density at radius 2 is 2.00 bits per heavy atom. The first-order valence-corrected chi connectivity index (χ1v) is 4.97. The van der Waals surface area contributed by atoms with Crippen molar-refractivity contribution in [3.8, 4) is 0 Å². The molecule has 1 rings (SSSR count). The SMILES string of the molecule is CCC(c1ccccc1Cl)C(C)O. The van der Waals surface area contributed by atoms with Crippen LogP contribution in [0.1, 0.15) is 31.7 Å². The summed E-state index contributed by atoms with van der Waals surface area (Å²) in [7, 11) is 0. The fourth-order valence-electron chi connectivity index (χ4n) is 1.60. The molecular weight excluding hydrogens is 184 g/mol. The van der Waals surface area contributed by atoms with Crippen molar-refractivity contribution in [2.75, 3.05) is 0 Å². The maximum Gasteiger partial charge on any atom is 0.0581 e. The summed E-state index contributed by atoms with van der Waals surface area (Å²) in [6, 6.07) is 7.69. The molecule has 0 fully saturated rings. The highest BCUT2D eigenvalue weighted by Crippen LogP contribution is 2.29. The third-order valence-electron chi connectivity index (χ3n) is 2.33. The highest BCUT2D eigenvalue weighted by Gasteiger charge is 2.16. The van der Waals surface area contributed by atoms with Gasteiger partial charge >= 0.3 is 0 Å². The van der Waals surface area contributed by atoms with Gasteiger partial charge in [-0.25, -0.2) is 0 Å². The van der Waals surface area contributed by atoms with Crippen LogP contribution >= 0.6 is 11.6 Å². The maximum absolute atomic E-state index is 9.53. The van der Waals surface area contributed by atoms with Crippen LogP contribution in [0.3, 0.4) is 0 Å². The lowest BCUT2D eigenvalue weighted by Gasteiger charge is -2.19. The quantitative estimate of drug-likeness (QED) is 0.791. The van der Waals surface area contributed by atoms with Gasteiger partial charge in [-0.05, 0) is 25.0 Å². The zero-order chi connectivity index (χ0) is 9.84. The molecule has 0 aliphatic rings. The highest BCUT2D eigenvalue weighted by atomic mass is 35.5. The molecule has 0 aliphatic heterocycles. The normalized spacial score (nSPS) is 15.4. The summed E-state index contributed by atoms with van der Waals surface area (Å²) in [5, 5.41) is 10.3. The van der Waals surface area contributed by atoms with Crippen LogP contribution in [0.25, 0.3) is 0 Å². The Kier molecular flexibility index (Phi) is 3.76. The second-order valence-electron chi connectivity index (χ2n) is 3.28. The number of halogens is 1. The Morgan fingerprint density at radius 1 is 1.38 bits per heavy atom. The number of hydrogen-bond donors (Lipinski definition) is 1. The van der Waals surface area contributed by atoms with Crippen LogP contribution in [0.4, 0.5) is 0 Å². The number of aliphatic hydroxyl groups excluding tert-OH is 1. The summed E-state index contributed by atoms with van der Waals surface area (Å²) in [4.78, 5) is 0. The molecule has 2 heteroatoms. The zero-order valence-electron chi connectivity index (χ0n) is 8.00. The average Bonchev–Trinajstić information content (AvgIpc) is 2.09. The van der Waals surface area contributed by atoms with Gasteiger partial charge in [-0.3, -0.25) is 0 Å². The van der Waals surface area contributed by atoms with Gasteiger partial charge in [-0.1, -0.05) is 36.7 Å². The molecule has 0 saturated carbocycles. The van der Waals surface area contributed by atoms with Crippen molar-refractivity contribution in [2.45, 2.75) is 32.3 Å². The molecule has 0 spiro atoms. The van der Waals surface area contributed by atoms with E-state index in [4.69, 9.17) is 11.6 Å². The molecule has 0 radical (unpaired) electrons. The smallest absolute Gasteiger partial charge is 0.0581 e. The van der Waals surface area contributed by atoms with Crippen molar-refractivity contribution in [3.63, 3.8) is 0 Å². The Labute approximate surface area is 84.4 Å². The van der Waals surface area contributed by atoms with Crippen LogP contribution in [-0.2, 0) is 0 Å². The van der Waals surface area contributed by atoms with E-state index in [9.17, 15) is 5.11 Å². The van der Waals surface area contributed by atoms with Gasteiger partial charge in [-0.2, -0.15) is 0 Å². The number of rotatable bonds is 3. The van der Waals surface area contributed by atoms with E-state index in [0.717, 1.165) is 17.0 Å². The molecule has 1 aromatic carbocycles. The predicted molar refractivity (Wildman–Crippen MR) is 56.2 cm³/mol. The molecule has 13 heavy (non-hydrogen) atoms. The van der Waals surface area contributed by atoms with Gasteiger partial charge in [0.25, 0.3) is 0 Å². The minimum atomic E-state index is -0.343. The van der Waals surface area contributed by atoms with Crippen LogP contribution in [0.15, 0.2) is 24.3 Å². The lowest BCUT2D eigenvalue weighted by atomic mass is 9.92. The van der Waals surface area contributed by atoms with Gasteiger partial charge in [0.05, 0.1) is 6.10 Å². The molecule has 0 heterocycles. The first-order valence-electron chi connectivity index (χ1n) is 4.59. The van der Waals surface area contributed by atoms with E-state index in [1.54, 1.807) is 6.92 Å². The van der Waals surface area contributed by atoms with E-state index >= 15 is 0 Å². The lowest BCUT2D eigenvalue weighted by Crippen LogP contribution is -2.13. The van der Waals surface area contributed by atoms with Gasteiger partial charge in [-0.15, -0.1) is 0 Å². The molecule has 0 saturated heterocycles. The molecule has 1 nitrogen and oxygen atoms in total. The van der Waals surface area contributed by atoms with Crippen molar-refractivity contribution < 1.29 is 5.11 Å². The van der Waals surface area contributed by atoms with Crippen LogP contribution in [0, 0.1) is 0 Å². The third-order valence-corrected chi connectivity index (χ3v) is 2.67. The zero-order valence-corrected chi connectivity index (χ0v) is 8.75. The maximum atomic E-state index is 9.53. The highest BCUT2D eigenvalue weighted by molar-refractivity contribution is 6.31. The standard InChI is InChI=1S/C11H15ClO/c1-3-9(8(2)13)10-6-4-5-7-11(10)12/h4-9,13H,3H2,1-2H3. The second-order valence-corrected chi connectivity index (χ2v) is 3.68. The van der Waals surface area contributed by atoms with Gasteiger partial charge in [0.2, 0.25) is 0 Å². The third kappa shape index (κ3) is 2.45. The number of benzene rings is 1. The molecule has 2 atom stereocenters. The van der Waals surface area contributed by atoms with Crippen LogP contribution in [0.2, 0.25) is 5.02 Å². The number of hydrogen-bond acceptors (Lipinski definition) is 1. The van der Waals surface area contributed by atoms with Gasteiger partial charge in [0.1, 0.15) is 0 Å². The van der Waals surface area contributed by atoms with E-state index in [2.05, 4.69) is 6.92 Å². The lowest BCUT2D eigenvalue weighted by molar-refractivity contribution is 0.160. The average molecular weight is 199 g/mol. The summed E-state index contributed by atoms with van der Waals surface area (Å²) in [6.45, 7) is 3.86. The molecule has 1 N–H and O–H groups in total. The summed E-state index contributed by atoms with van der Waals surface area (Å²) in [5.41, 5.74) is 1.04. The van der Waals surface area contributed by atoms with Gasteiger partial charge < -0.3 is 5.11 Å². The minimum absolute atomic E-state index is 0.147. The molecule has 0 bridgehead atoms. The predicted octanol–water partition coefficient (Wildman–Crippen LogP) is 3.21. The van der Waals surface area contributed by atoms with Crippen molar-refractivity contribution in [1.82, 2.24) is 0 Å². The van der Waals surface area contributed by atoms with Crippen LogP contribution in [-0.4, -0.2) is 11.2 Å². The van der Waals surface area contributed by atoms with Crippen LogP contribution in [0.5, 0.6) is 0 Å². The largest absolute Gasteiger partial charge is 0.393 e. The molecule has 2 unspecified atom stereocenters. The fourth-order valence-corrected chi connectivity index (χ4v) is 1.87. The summed E-state index contributed by atoms with van der Waals surface area (Å²) < 4.78 is 0. The van der Waals surface area contributed by atoms with Crippen molar-refractivity contribution in [2.24, 2.45) is 0 Å². The molecular formula is C11H15ClO. The first-order chi connectivity index (χ1) is 6.16. The fraction of sp³-hybridized carbons (Fsp3) is 0.455. The Hall–Kier alpha value is -0.530. The van der Waals surface area contributed by atoms with Crippen molar-refractivity contribution in [3.05, 3.63) is 34.9 Å². The Bertz CT molecular complexity index is 271. The van der Waals surface area contributed by atoms with E-state index in [1.807, 2.05) is 24.3 Å². The number of aliphatic hydroxyl groups is 1. The van der Waals surface area contributed by atoms with Crippen molar-refractivity contribution >= 4 is 11.6 Å². The van der Waals surface area contributed by atoms with Crippen molar-refractivity contribution in [1.29, 1.82) is 0 Å². The first kappa shape index (κ1) is 10.6. The summed E-state index contributed by atoms with van der Waals surface area (Å²) in [6.07, 6.45) is 0.561. The van der Waals surface area contributed by atoms with E-state index < -0.39 is 0 Å². The van der Waals surface area contributed by atoms with E-state index in [0.29, 0.717) is 0 Å². The summed E-state index contributed by atoms with van der Waals surface area (Å²) >= 11 is 6.03.